The van der Waals surface area contributed by atoms with Crippen LogP contribution < -0.4 is 5.32 Å². The third-order valence-electron chi connectivity index (χ3n) is 3.81. The van der Waals surface area contributed by atoms with Crippen LogP contribution in [0, 0.1) is 0 Å². The van der Waals surface area contributed by atoms with Gasteiger partial charge in [0.05, 0.1) is 5.69 Å². The number of aliphatic carboxylic acids is 1. The quantitative estimate of drug-likeness (QED) is 0.848. The zero-order valence-corrected chi connectivity index (χ0v) is 11.7. The molecule has 0 radical (unpaired) electrons. The molecule has 5 nitrogen and oxygen atoms in total. The summed E-state index contributed by atoms with van der Waals surface area (Å²) in [5, 5.41) is 16.9. The van der Waals surface area contributed by atoms with E-state index in [-0.39, 0.29) is 12.1 Å². The van der Waals surface area contributed by atoms with Crippen molar-refractivity contribution in [2.45, 2.75) is 64.6 Å². The van der Waals surface area contributed by atoms with Gasteiger partial charge in [-0.1, -0.05) is 6.92 Å². The lowest BCUT2D eigenvalue weighted by atomic mass is 9.95. The zero-order valence-electron chi connectivity index (χ0n) is 11.7. The Bertz CT molecular complexity index is 442. The van der Waals surface area contributed by atoms with Gasteiger partial charge in [0.25, 0.3) is 0 Å². The first-order valence-corrected chi connectivity index (χ1v) is 7.18. The number of aromatic nitrogens is 2. The van der Waals surface area contributed by atoms with Crippen LogP contribution in [-0.2, 0) is 24.2 Å². The van der Waals surface area contributed by atoms with Crippen molar-refractivity contribution >= 4 is 5.97 Å². The number of nitrogens with one attached hydrogen (secondary N) is 1. The number of piperidine rings is 1. The number of rotatable bonds is 5. The van der Waals surface area contributed by atoms with Gasteiger partial charge in [0, 0.05) is 24.7 Å². The normalized spacial score (nSPS) is 23.5. The minimum atomic E-state index is -0.733. The zero-order chi connectivity index (χ0) is 13.8. The molecule has 1 fully saturated rings. The molecule has 0 bridgehead atoms. The van der Waals surface area contributed by atoms with Crippen molar-refractivity contribution in [3.05, 3.63) is 17.5 Å². The second kappa shape index (κ2) is 6.19. The Morgan fingerprint density at radius 2 is 2.32 bits per heavy atom. The van der Waals surface area contributed by atoms with E-state index in [4.69, 9.17) is 5.11 Å². The van der Waals surface area contributed by atoms with Gasteiger partial charge >= 0.3 is 5.97 Å². The standard InChI is InChI=1S/C14H23N3O2/c1-3-10-8-12(17(4-2)16-10)9-11-6-5-7-13(15-11)14(18)19/h8,11,13,15H,3-7,9H2,1-2H3,(H,18,19). The number of hydrogen-bond donors (Lipinski definition) is 2. The maximum Gasteiger partial charge on any atom is 0.320 e. The van der Waals surface area contributed by atoms with E-state index in [9.17, 15) is 4.79 Å². The molecule has 0 aliphatic carbocycles. The fourth-order valence-corrected chi connectivity index (χ4v) is 2.75. The van der Waals surface area contributed by atoms with Crippen LogP contribution in [0.2, 0.25) is 0 Å². The SMILES string of the molecule is CCc1cc(CC2CCCC(C(=O)O)N2)n(CC)n1. The Hall–Kier alpha value is -1.36. The number of carboxylic acids is 1. The van der Waals surface area contributed by atoms with Crippen LogP contribution in [0.15, 0.2) is 6.07 Å². The molecular weight excluding hydrogens is 242 g/mol. The lowest BCUT2D eigenvalue weighted by Crippen LogP contribution is -2.47. The highest BCUT2D eigenvalue weighted by Crippen LogP contribution is 2.17. The molecule has 19 heavy (non-hydrogen) atoms. The molecule has 2 atom stereocenters. The summed E-state index contributed by atoms with van der Waals surface area (Å²) in [5.74, 6) is -0.733. The first-order chi connectivity index (χ1) is 9.13. The Morgan fingerprint density at radius 3 is 2.95 bits per heavy atom. The minimum absolute atomic E-state index is 0.251. The van der Waals surface area contributed by atoms with Gasteiger partial charge in [-0.05, 0) is 38.7 Å². The lowest BCUT2D eigenvalue weighted by molar-refractivity contribution is -0.140. The van der Waals surface area contributed by atoms with Gasteiger partial charge in [0.2, 0.25) is 0 Å². The Kier molecular flexibility index (Phi) is 4.58. The summed E-state index contributed by atoms with van der Waals surface area (Å²) < 4.78 is 2.03. The van der Waals surface area contributed by atoms with E-state index in [2.05, 4.69) is 30.3 Å². The molecule has 2 rings (SSSR count). The molecule has 1 aliphatic rings. The largest absolute Gasteiger partial charge is 0.480 e. The summed E-state index contributed by atoms with van der Waals surface area (Å²) in [5.41, 5.74) is 2.32. The highest BCUT2D eigenvalue weighted by molar-refractivity contribution is 5.73. The van der Waals surface area contributed by atoms with Crippen molar-refractivity contribution in [2.75, 3.05) is 0 Å². The van der Waals surface area contributed by atoms with Gasteiger partial charge in [-0.2, -0.15) is 5.10 Å². The van der Waals surface area contributed by atoms with Crippen LogP contribution >= 0.6 is 0 Å². The minimum Gasteiger partial charge on any atom is -0.480 e. The molecule has 2 heterocycles. The molecule has 5 heteroatoms. The Morgan fingerprint density at radius 1 is 1.53 bits per heavy atom. The molecule has 0 amide bonds. The summed E-state index contributed by atoms with van der Waals surface area (Å²) in [6, 6.07) is 2.01. The molecule has 1 saturated heterocycles. The fraction of sp³-hybridized carbons (Fsp3) is 0.714. The van der Waals surface area contributed by atoms with Crippen molar-refractivity contribution < 1.29 is 9.90 Å². The summed E-state index contributed by atoms with van der Waals surface area (Å²) in [6.45, 7) is 5.06. The maximum atomic E-state index is 11.0. The molecule has 2 N–H and O–H groups in total. The molecule has 2 unspecified atom stereocenters. The van der Waals surface area contributed by atoms with Crippen LogP contribution in [0.25, 0.3) is 0 Å². The van der Waals surface area contributed by atoms with Crippen LogP contribution in [0.5, 0.6) is 0 Å². The molecular formula is C14H23N3O2. The van der Waals surface area contributed by atoms with Crippen molar-refractivity contribution in [1.29, 1.82) is 0 Å². The van der Waals surface area contributed by atoms with E-state index in [0.29, 0.717) is 0 Å². The van der Waals surface area contributed by atoms with E-state index in [1.54, 1.807) is 0 Å². The number of nitrogens with zero attached hydrogens (tertiary/aromatic N) is 2. The van der Waals surface area contributed by atoms with Crippen LogP contribution in [-0.4, -0.2) is 32.9 Å². The third kappa shape index (κ3) is 3.35. The van der Waals surface area contributed by atoms with Gasteiger partial charge < -0.3 is 10.4 Å². The van der Waals surface area contributed by atoms with Gasteiger partial charge in [-0.3, -0.25) is 9.48 Å². The average Bonchev–Trinajstić information content (AvgIpc) is 2.81. The molecule has 106 valence electrons. The summed E-state index contributed by atoms with van der Waals surface area (Å²) in [4.78, 5) is 11.0. The molecule has 0 spiro atoms. The van der Waals surface area contributed by atoms with Gasteiger partial charge in [0.1, 0.15) is 6.04 Å². The number of carbonyl (C=O) groups is 1. The van der Waals surface area contributed by atoms with Crippen molar-refractivity contribution in [2.24, 2.45) is 0 Å². The van der Waals surface area contributed by atoms with Crippen LogP contribution in [0.1, 0.15) is 44.5 Å². The maximum absolute atomic E-state index is 11.0. The van der Waals surface area contributed by atoms with E-state index < -0.39 is 5.97 Å². The van der Waals surface area contributed by atoms with Crippen LogP contribution in [0.3, 0.4) is 0 Å². The van der Waals surface area contributed by atoms with Crippen LogP contribution in [0.4, 0.5) is 0 Å². The smallest absolute Gasteiger partial charge is 0.320 e. The topological polar surface area (TPSA) is 67.2 Å². The molecule has 0 aromatic carbocycles. The van der Waals surface area contributed by atoms with E-state index >= 15 is 0 Å². The average molecular weight is 265 g/mol. The third-order valence-corrected chi connectivity index (χ3v) is 3.81. The Balaban J connectivity index is 2.03. The molecule has 1 aromatic heterocycles. The summed E-state index contributed by atoms with van der Waals surface area (Å²) >= 11 is 0. The number of aryl methyl sites for hydroxylation is 2. The van der Waals surface area contributed by atoms with Crippen molar-refractivity contribution in [1.82, 2.24) is 15.1 Å². The summed E-state index contributed by atoms with van der Waals surface area (Å²) in [7, 11) is 0. The highest BCUT2D eigenvalue weighted by Gasteiger charge is 2.26. The predicted octanol–water partition coefficient (Wildman–Crippen LogP) is 1.60. The van der Waals surface area contributed by atoms with Gasteiger partial charge in [-0.25, -0.2) is 0 Å². The number of hydrogen-bond acceptors (Lipinski definition) is 3. The first-order valence-electron chi connectivity index (χ1n) is 7.18. The predicted molar refractivity (Wildman–Crippen MR) is 73.2 cm³/mol. The number of carboxylic acid groups (broad SMARTS) is 1. The molecule has 1 aliphatic heterocycles. The second-order valence-electron chi connectivity index (χ2n) is 5.19. The monoisotopic (exact) mass is 265 g/mol. The van der Waals surface area contributed by atoms with Crippen molar-refractivity contribution in [3.8, 4) is 0 Å². The van der Waals surface area contributed by atoms with Gasteiger partial charge in [0.15, 0.2) is 0 Å². The Labute approximate surface area is 114 Å². The van der Waals surface area contributed by atoms with E-state index in [1.165, 1.54) is 5.69 Å². The van der Waals surface area contributed by atoms with E-state index in [0.717, 1.165) is 44.3 Å². The second-order valence-corrected chi connectivity index (χ2v) is 5.19. The fourth-order valence-electron chi connectivity index (χ4n) is 2.75. The van der Waals surface area contributed by atoms with E-state index in [1.807, 2.05) is 4.68 Å². The summed E-state index contributed by atoms with van der Waals surface area (Å²) in [6.07, 6.45) is 4.56. The van der Waals surface area contributed by atoms with Crippen molar-refractivity contribution in [3.63, 3.8) is 0 Å². The van der Waals surface area contributed by atoms with Gasteiger partial charge in [-0.15, -0.1) is 0 Å². The molecule has 0 saturated carbocycles. The molecule has 1 aromatic rings. The lowest BCUT2D eigenvalue weighted by Gasteiger charge is -2.28. The first kappa shape index (κ1) is 14.1. The highest BCUT2D eigenvalue weighted by atomic mass is 16.4.